The maximum Gasteiger partial charge on any atom is 0.312 e. The molecule has 9 atom stereocenters. The molecular formula is C45H62N4O12. The Labute approximate surface area is 357 Å². The number of methoxy groups -OCH3 is 1. The van der Waals surface area contributed by atoms with Gasteiger partial charge in [-0.15, -0.1) is 0 Å². The highest BCUT2D eigenvalue weighted by Gasteiger charge is 2.50. The van der Waals surface area contributed by atoms with Gasteiger partial charge in [0.15, 0.2) is 5.75 Å². The lowest BCUT2D eigenvalue weighted by atomic mass is 9.78. The Morgan fingerprint density at radius 2 is 1.64 bits per heavy atom. The molecule has 6 N–H and O–H groups in total. The van der Waals surface area contributed by atoms with Crippen molar-refractivity contribution in [2.24, 2.45) is 28.8 Å². The second kappa shape index (κ2) is 19.3. The molecule has 2 aromatic rings. The Morgan fingerprint density at radius 3 is 2.26 bits per heavy atom. The third kappa shape index (κ3) is 9.52. The van der Waals surface area contributed by atoms with E-state index < -0.39 is 88.8 Å². The number of esters is 1. The molecule has 2 aromatic carbocycles. The number of aliphatic hydroxyl groups is 2. The number of aliphatic hydroxyl groups excluding tert-OH is 2. The molecule has 0 aromatic heterocycles. The van der Waals surface area contributed by atoms with Crippen LogP contribution in [0, 0.1) is 30.6 Å². The van der Waals surface area contributed by atoms with Crippen LogP contribution in [0.4, 0.5) is 5.69 Å². The number of amides is 1. The number of phenols is 3. The van der Waals surface area contributed by atoms with E-state index in [-0.39, 0.29) is 44.5 Å². The Kier molecular flexibility index (Phi) is 14.8. The highest BCUT2D eigenvalue weighted by molar-refractivity contribution is 6.23. The fraction of sp³-hybridized carbons (Fsp3) is 0.556. The van der Waals surface area contributed by atoms with Crippen LogP contribution in [-0.2, 0) is 23.8 Å². The largest absolute Gasteiger partial charge is 0.507 e. The Bertz CT molecular complexity index is 2110. The molecule has 0 saturated carbocycles. The number of ketones is 1. The van der Waals surface area contributed by atoms with Crippen LogP contribution in [0.2, 0.25) is 0 Å². The summed E-state index contributed by atoms with van der Waals surface area (Å²) >= 11 is 0. The summed E-state index contributed by atoms with van der Waals surface area (Å²) < 4.78 is 23.7. The molecule has 0 aliphatic carbocycles. The summed E-state index contributed by atoms with van der Waals surface area (Å²) in [6, 6.07) is 0. The summed E-state index contributed by atoms with van der Waals surface area (Å²) in [5.41, 5.74) is -0.330. The number of ether oxygens (including phenoxy) is 4. The molecule has 0 radical (unpaired) electrons. The first kappa shape index (κ1) is 46.9. The van der Waals surface area contributed by atoms with Gasteiger partial charge in [0.2, 0.25) is 0 Å². The number of piperazine rings is 1. The van der Waals surface area contributed by atoms with Crippen LogP contribution < -0.4 is 10.1 Å². The van der Waals surface area contributed by atoms with E-state index in [0.717, 1.165) is 26.1 Å². The van der Waals surface area contributed by atoms with Crippen LogP contribution in [0.15, 0.2) is 41.2 Å². The molecule has 16 nitrogen and oxygen atoms in total. The lowest BCUT2D eigenvalue weighted by molar-refractivity contribution is -0.160. The van der Waals surface area contributed by atoms with Gasteiger partial charge in [-0.25, -0.2) is 0 Å². The molecule has 5 bridgehead atoms. The van der Waals surface area contributed by atoms with Crippen LogP contribution in [0.3, 0.4) is 0 Å². The van der Waals surface area contributed by atoms with Crippen molar-refractivity contribution >= 4 is 40.3 Å². The molecule has 6 rings (SSSR count). The number of phenolic OH excluding ortho intramolecular Hbond substituents is 3. The quantitative estimate of drug-likeness (QED) is 0.0963. The molecule has 4 heterocycles. The van der Waals surface area contributed by atoms with E-state index in [0.29, 0.717) is 13.1 Å². The average Bonchev–Trinajstić information content (AvgIpc) is 3.49. The average molecular weight is 851 g/mol. The van der Waals surface area contributed by atoms with E-state index in [1.54, 1.807) is 44.9 Å². The summed E-state index contributed by atoms with van der Waals surface area (Å²) in [6.45, 7) is 18.3. The zero-order valence-corrected chi connectivity index (χ0v) is 36.8. The Hall–Kier alpha value is -5.16. The van der Waals surface area contributed by atoms with E-state index in [1.165, 1.54) is 59.4 Å². The first-order valence-corrected chi connectivity index (χ1v) is 20.9. The number of benzene rings is 2. The van der Waals surface area contributed by atoms with Crippen LogP contribution in [0.5, 0.6) is 23.0 Å². The number of aromatic hydroxyl groups is 3. The number of allylic oxidation sites excluding steroid dienone is 2. The second-order valence-electron chi connectivity index (χ2n) is 16.7. The molecule has 0 spiro atoms. The normalized spacial score (nSPS) is 31.4. The standard InChI is InChI=1S/C45H62N4O12/c1-11-16-48-17-19-49(20-18-48)46-22-30-35-40(55)33-32(39(30)54)34-42(28(7)38(33)53)61-45(9,43(34)56)59-21-15-31(58-10)25(4)41(60-29(8)50)27(6)37(52)26(5)36(51)23(2)13-12-14-24(3)44(57)47-35/h12-15,21-23,25-27,31,36-37,41,51-55H,11,16-20H2,1-10H3,(H,47,57)/b13-12+,21-15+,24-14-,46-22-. The number of fused-ring (bicyclic) bond motifs is 14. The van der Waals surface area contributed by atoms with E-state index in [9.17, 15) is 39.9 Å². The Morgan fingerprint density at radius 1 is 0.967 bits per heavy atom. The fourth-order valence-electron chi connectivity index (χ4n) is 8.40. The van der Waals surface area contributed by atoms with Gasteiger partial charge in [-0.1, -0.05) is 52.8 Å². The minimum absolute atomic E-state index is 0.0583. The van der Waals surface area contributed by atoms with Gasteiger partial charge in [-0.2, -0.15) is 5.10 Å². The second-order valence-corrected chi connectivity index (χ2v) is 16.7. The van der Waals surface area contributed by atoms with Gasteiger partial charge in [-0.05, 0) is 32.9 Å². The van der Waals surface area contributed by atoms with Crippen molar-refractivity contribution < 1.29 is 58.9 Å². The third-order valence-electron chi connectivity index (χ3n) is 12.3. The number of hydrogen-bond donors (Lipinski definition) is 6. The van der Waals surface area contributed by atoms with Gasteiger partial charge in [0, 0.05) is 87.3 Å². The third-order valence-corrected chi connectivity index (χ3v) is 12.3. The number of anilines is 1. The van der Waals surface area contributed by atoms with Gasteiger partial charge < -0.3 is 49.8 Å². The predicted molar refractivity (Wildman–Crippen MR) is 230 cm³/mol. The first-order valence-electron chi connectivity index (χ1n) is 20.9. The maximum absolute atomic E-state index is 14.5. The molecule has 1 amide bonds. The van der Waals surface area contributed by atoms with Crippen molar-refractivity contribution in [3.8, 4) is 23.0 Å². The van der Waals surface area contributed by atoms with E-state index in [2.05, 4.69) is 22.2 Å². The van der Waals surface area contributed by atoms with Gasteiger partial charge in [-0.3, -0.25) is 24.3 Å². The number of Topliss-reactive ketones (excluding diaryl/α,β-unsaturated/α-hetero) is 1. The lowest BCUT2D eigenvalue weighted by Crippen LogP contribution is -2.46. The van der Waals surface area contributed by atoms with Crippen molar-refractivity contribution in [1.82, 2.24) is 9.91 Å². The molecule has 16 heteroatoms. The fourth-order valence-corrected chi connectivity index (χ4v) is 8.40. The molecule has 4 aliphatic rings. The zero-order chi connectivity index (χ0) is 45.1. The van der Waals surface area contributed by atoms with E-state index >= 15 is 0 Å². The van der Waals surface area contributed by atoms with Crippen LogP contribution in [0.25, 0.3) is 10.8 Å². The van der Waals surface area contributed by atoms with Crippen molar-refractivity contribution in [1.29, 1.82) is 0 Å². The van der Waals surface area contributed by atoms with Gasteiger partial charge in [0.25, 0.3) is 11.7 Å². The molecule has 1 saturated heterocycles. The predicted octanol–water partition coefficient (Wildman–Crippen LogP) is 5.12. The molecule has 1 fully saturated rings. The van der Waals surface area contributed by atoms with Gasteiger partial charge in [0.05, 0.1) is 53.0 Å². The summed E-state index contributed by atoms with van der Waals surface area (Å²) in [5.74, 6) is -8.33. The minimum atomic E-state index is -2.04. The monoisotopic (exact) mass is 850 g/mol. The number of carbonyl (C=O) groups excluding carboxylic acids is 3. The summed E-state index contributed by atoms with van der Waals surface area (Å²) in [5, 5.41) is 67.2. The van der Waals surface area contributed by atoms with Crippen LogP contribution >= 0.6 is 0 Å². The summed E-state index contributed by atoms with van der Waals surface area (Å²) in [6.07, 6.45) is 5.91. The topological polar surface area (TPSA) is 220 Å². The first-order chi connectivity index (χ1) is 28.8. The lowest BCUT2D eigenvalue weighted by Gasteiger charge is -2.38. The number of nitrogens with one attached hydrogen (secondary N) is 1. The van der Waals surface area contributed by atoms with Gasteiger partial charge in [0.1, 0.15) is 23.4 Å². The molecule has 61 heavy (non-hydrogen) atoms. The number of hydrazone groups is 1. The van der Waals surface area contributed by atoms with Crippen LogP contribution in [0.1, 0.15) is 83.3 Å². The number of carbonyl (C=O) groups is 3. The highest BCUT2D eigenvalue weighted by atomic mass is 16.7. The van der Waals surface area contributed by atoms with E-state index in [4.69, 9.17) is 18.9 Å². The smallest absolute Gasteiger partial charge is 0.312 e. The van der Waals surface area contributed by atoms with Gasteiger partial charge >= 0.3 is 11.8 Å². The molecular weight excluding hydrogens is 789 g/mol. The van der Waals surface area contributed by atoms with Crippen LogP contribution in [-0.4, -0.2) is 129 Å². The summed E-state index contributed by atoms with van der Waals surface area (Å²) in [7, 11) is 1.44. The number of rotatable bonds is 6. The zero-order valence-electron chi connectivity index (χ0n) is 36.8. The summed E-state index contributed by atoms with van der Waals surface area (Å²) in [4.78, 5) is 42.9. The van der Waals surface area contributed by atoms with Crippen molar-refractivity contribution in [3.05, 3.63) is 52.8 Å². The van der Waals surface area contributed by atoms with E-state index in [1.807, 2.05) is 0 Å². The Balaban J connectivity index is 1.69. The van der Waals surface area contributed by atoms with Crippen molar-refractivity contribution in [3.63, 3.8) is 0 Å². The maximum atomic E-state index is 14.5. The highest BCUT2D eigenvalue weighted by Crippen LogP contribution is 2.55. The molecule has 4 aliphatic heterocycles. The number of hydrogen-bond acceptors (Lipinski definition) is 15. The van der Waals surface area contributed by atoms with Crippen molar-refractivity contribution in [2.45, 2.75) is 98.9 Å². The SMILES string of the molecule is CCCN1CCN(/N=C\c2c3c(O)c4c(O)c(C)c5c(c4c2O)C(=O)C(C)(O/C=C/C(OC)C(C)C(OC(C)=O)C(C)C(O)C(C)C(O)C(C)/C=C/C=C(/C)C(=O)N3)O5)CC1. The van der Waals surface area contributed by atoms with Crippen molar-refractivity contribution in [2.75, 3.05) is 45.2 Å². The molecule has 334 valence electrons. The minimum Gasteiger partial charge on any atom is -0.507 e. The molecule has 9 unspecified atom stereocenters. The number of nitrogens with zero attached hydrogens (tertiary/aromatic N) is 3.